The summed E-state index contributed by atoms with van der Waals surface area (Å²) in [6.45, 7) is 8.13. The molecule has 0 radical (unpaired) electrons. The standard InChI is InChI=1S/C33H34O4P2/c1-28(36-38(34,30-20-10-4-11-21-30)31-22-12-5-13-23-31)18-8-3-9-19-29(2)37-39(35,32-24-14-6-15-25-32)33-26-16-7-17-27-33/h4-7,10-17,20-27H,1-3,8-9,18-19H2. The van der Waals surface area contributed by atoms with Gasteiger partial charge in [0.2, 0.25) is 0 Å². The molecule has 0 fully saturated rings. The van der Waals surface area contributed by atoms with Crippen LogP contribution in [0, 0.1) is 0 Å². The lowest BCUT2D eigenvalue weighted by atomic mass is 10.1. The summed E-state index contributed by atoms with van der Waals surface area (Å²) in [4.78, 5) is 0. The fourth-order valence-electron chi connectivity index (χ4n) is 4.28. The van der Waals surface area contributed by atoms with Crippen molar-refractivity contribution in [1.29, 1.82) is 0 Å². The van der Waals surface area contributed by atoms with Crippen molar-refractivity contribution in [2.75, 3.05) is 0 Å². The summed E-state index contributed by atoms with van der Waals surface area (Å²) in [6.07, 6.45) is 3.66. The Morgan fingerprint density at radius 1 is 0.462 bits per heavy atom. The maximum Gasteiger partial charge on any atom is 0.306 e. The van der Waals surface area contributed by atoms with Gasteiger partial charge in [0.15, 0.2) is 0 Å². The van der Waals surface area contributed by atoms with Crippen molar-refractivity contribution in [3.05, 3.63) is 146 Å². The molecular weight excluding hydrogens is 522 g/mol. The molecule has 0 bridgehead atoms. The summed E-state index contributed by atoms with van der Waals surface area (Å²) in [5.74, 6) is 0.998. The summed E-state index contributed by atoms with van der Waals surface area (Å²) in [7, 11) is -6.60. The fraction of sp³-hybridized carbons (Fsp3) is 0.152. The van der Waals surface area contributed by atoms with E-state index in [0.29, 0.717) is 45.6 Å². The highest BCUT2D eigenvalue weighted by Gasteiger charge is 2.31. The Hall–Kier alpha value is -3.58. The number of unbranched alkanes of at least 4 members (excludes halogenated alkanes) is 2. The first-order valence-corrected chi connectivity index (χ1v) is 16.3. The smallest absolute Gasteiger partial charge is 0.306 e. The van der Waals surface area contributed by atoms with Gasteiger partial charge in [0.05, 0.1) is 32.7 Å². The van der Waals surface area contributed by atoms with Crippen molar-refractivity contribution in [3.63, 3.8) is 0 Å². The predicted molar refractivity (Wildman–Crippen MR) is 163 cm³/mol. The van der Waals surface area contributed by atoms with Gasteiger partial charge in [-0.25, -0.2) is 0 Å². The highest BCUT2D eigenvalue weighted by molar-refractivity contribution is 7.74. The first kappa shape index (κ1) is 28.4. The minimum Gasteiger partial charge on any atom is -0.442 e. The normalized spacial score (nSPS) is 11.5. The summed E-state index contributed by atoms with van der Waals surface area (Å²) in [5, 5.41) is 2.58. The summed E-state index contributed by atoms with van der Waals surface area (Å²) < 4.78 is 40.2. The number of hydrogen-bond donors (Lipinski definition) is 0. The number of hydrogen-bond acceptors (Lipinski definition) is 4. The zero-order valence-electron chi connectivity index (χ0n) is 22.0. The van der Waals surface area contributed by atoms with Gasteiger partial charge in [-0.1, -0.05) is 92.4 Å². The van der Waals surface area contributed by atoms with Crippen LogP contribution in [0.1, 0.15) is 32.1 Å². The van der Waals surface area contributed by atoms with Gasteiger partial charge in [0.1, 0.15) is 0 Å². The summed E-state index contributed by atoms with van der Waals surface area (Å²) in [5.41, 5.74) is 0. The lowest BCUT2D eigenvalue weighted by molar-refractivity contribution is 0.390. The van der Waals surface area contributed by atoms with E-state index in [4.69, 9.17) is 9.05 Å². The first-order valence-electron chi connectivity index (χ1n) is 13.1. The molecule has 4 aromatic rings. The van der Waals surface area contributed by atoms with Gasteiger partial charge in [-0.05, 0) is 61.4 Å². The first-order chi connectivity index (χ1) is 18.9. The Bertz CT molecular complexity index is 1250. The number of rotatable bonds is 14. The Morgan fingerprint density at radius 2 is 0.718 bits per heavy atom. The largest absolute Gasteiger partial charge is 0.442 e. The second-order valence-electron chi connectivity index (χ2n) is 9.27. The second kappa shape index (κ2) is 13.5. The average molecular weight is 557 g/mol. The SMILES string of the molecule is C=C(CCCCCC(=C)OP(=O)(c1ccccc1)c1ccccc1)OP(=O)(c1ccccc1)c1ccccc1. The summed E-state index contributed by atoms with van der Waals surface area (Å²) >= 11 is 0. The van der Waals surface area contributed by atoms with Crippen LogP contribution in [-0.2, 0) is 18.2 Å². The van der Waals surface area contributed by atoms with Crippen LogP contribution < -0.4 is 21.2 Å². The van der Waals surface area contributed by atoms with E-state index in [9.17, 15) is 9.13 Å². The van der Waals surface area contributed by atoms with Crippen LogP contribution >= 0.6 is 14.7 Å². The minimum absolute atomic E-state index is 0.499. The molecule has 0 aliphatic carbocycles. The van der Waals surface area contributed by atoms with Crippen LogP contribution in [0.15, 0.2) is 146 Å². The maximum absolute atomic E-state index is 14.0. The van der Waals surface area contributed by atoms with Crippen LogP contribution in [0.25, 0.3) is 0 Å². The maximum atomic E-state index is 14.0. The quantitative estimate of drug-likeness (QED) is 0.0902. The second-order valence-corrected chi connectivity index (χ2v) is 13.9. The Kier molecular flexibility index (Phi) is 9.82. The van der Waals surface area contributed by atoms with Crippen molar-refractivity contribution in [1.82, 2.24) is 0 Å². The minimum atomic E-state index is -3.30. The van der Waals surface area contributed by atoms with E-state index in [0.717, 1.165) is 19.3 Å². The van der Waals surface area contributed by atoms with E-state index in [1.165, 1.54) is 0 Å². The molecule has 39 heavy (non-hydrogen) atoms. The third-order valence-corrected chi connectivity index (χ3v) is 11.3. The van der Waals surface area contributed by atoms with E-state index in [2.05, 4.69) is 13.2 Å². The molecule has 0 saturated heterocycles. The van der Waals surface area contributed by atoms with Gasteiger partial charge in [-0.15, -0.1) is 0 Å². The van der Waals surface area contributed by atoms with Crippen molar-refractivity contribution in [3.8, 4) is 0 Å². The van der Waals surface area contributed by atoms with Crippen LogP contribution in [0.3, 0.4) is 0 Å². The van der Waals surface area contributed by atoms with Crippen LogP contribution in [-0.4, -0.2) is 0 Å². The molecule has 200 valence electrons. The molecule has 0 aliphatic rings. The lowest BCUT2D eigenvalue weighted by Gasteiger charge is -2.22. The zero-order valence-corrected chi connectivity index (χ0v) is 23.8. The van der Waals surface area contributed by atoms with Gasteiger partial charge in [0.25, 0.3) is 0 Å². The Morgan fingerprint density at radius 3 is 0.974 bits per heavy atom. The molecule has 6 heteroatoms. The molecular formula is C33H34O4P2. The molecule has 0 N–H and O–H groups in total. The predicted octanol–water partition coefficient (Wildman–Crippen LogP) is 7.86. The molecule has 0 aliphatic heterocycles. The molecule has 0 unspecified atom stereocenters. The molecule has 0 aromatic heterocycles. The van der Waals surface area contributed by atoms with Gasteiger partial charge in [-0.2, -0.15) is 0 Å². The molecule has 4 aromatic carbocycles. The highest BCUT2D eigenvalue weighted by atomic mass is 31.2. The van der Waals surface area contributed by atoms with Crippen molar-refractivity contribution in [2.45, 2.75) is 32.1 Å². The lowest BCUT2D eigenvalue weighted by Crippen LogP contribution is -2.18. The molecule has 0 spiro atoms. The number of benzene rings is 4. The fourth-order valence-corrected chi connectivity index (χ4v) is 8.47. The van der Waals surface area contributed by atoms with Gasteiger partial charge < -0.3 is 9.05 Å². The van der Waals surface area contributed by atoms with E-state index < -0.39 is 14.7 Å². The van der Waals surface area contributed by atoms with Gasteiger partial charge in [0, 0.05) is 12.8 Å². The van der Waals surface area contributed by atoms with Crippen molar-refractivity contribution < 1.29 is 18.2 Å². The molecule has 0 atom stereocenters. The van der Waals surface area contributed by atoms with Crippen LogP contribution in [0.5, 0.6) is 0 Å². The third-order valence-electron chi connectivity index (χ3n) is 6.31. The third kappa shape index (κ3) is 7.30. The average Bonchev–Trinajstić information content (AvgIpc) is 2.98. The van der Waals surface area contributed by atoms with E-state index in [1.807, 2.05) is 121 Å². The molecule has 0 saturated carbocycles. The van der Waals surface area contributed by atoms with E-state index in [1.54, 1.807) is 0 Å². The Labute approximate surface area is 231 Å². The van der Waals surface area contributed by atoms with Crippen LogP contribution in [0.2, 0.25) is 0 Å². The Balaban J connectivity index is 1.31. The van der Waals surface area contributed by atoms with Gasteiger partial charge >= 0.3 is 14.7 Å². The van der Waals surface area contributed by atoms with Gasteiger partial charge in [-0.3, -0.25) is 9.13 Å². The topological polar surface area (TPSA) is 52.6 Å². The number of allylic oxidation sites excluding steroid dienone is 2. The highest BCUT2D eigenvalue weighted by Crippen LogP contribution is 2.48. The summed E-state index contributed by atoms with van der Waals surface area (Å²) in [6, 6.07) is 37.1. The zero-order chi connectivity index (χ0) is 27.6. The van der Waals surface area contributed by atoms with Crippen molar-refractivity contribution in [2.24, 2.45) is 0 Å². The molecule has 4 rings (SSSR count). The molecule has 0 heterocycles. The van der Waals surface area contributed by atoms with Crippen LogP contribution in [0.4, 0.5) is 0 Å². The van der Waals surface area contributed by atoms with Crippen molar-refractivity contribution >= 4 is 36.0 Å². The van der Waals surface area contributed by atoms with E-state index >= 15 is 0 Å². The van der Waals surface area contributed by atoms with E-state index in [-0.39, 0.29) is 0 Å². The molecule has 4 nitrogen and oxygen atoms in total. The molecule has 0 amide bonds. The monoisotopic (exact) mass is 556 g/mol.